The van der Waals surface area contributed by atoms with Crippen LogP contribution in [0.5, 0.6) is 11.5 Å². The third kappa shape index (κ3) is 3.85. The number of likely N-dealkylation sites (N-methyl/N-ethyl adjacent to an activating group) is 1. The Labute approximate surface area is 146 Å². The monoisotopic (exact) mass is 398 g/mol. The zero-order valence-corrected chi connectivity index (χ0v) is 14.5. The highest BCUT2D eigenvalue weighted by Crippen LogP contribution is 2.37. The minimum absolute atomic E-state index is 0.135. The van der Waals surface area contributed by atoms with Gasteiger partial charge < -0.3 is 19.9 Å². The Morgan fingerprint density at radius 2 is 2.08 bits per heavy atom. The Hall–Kier alpha value is -2.55. The van der Waals surface area contributed by atoms with Crippen molar-refractivity contribution in [2.75, 3.05) is 20.3 Å². The van der Waals surface area contributed by atoms with Crippen molar-refractivity contribution in [1.82, 2.24) is 10.2 Å². The number of urea groups is 1. The molecule has 1 aliphatic heterocycles. The predicted octanol–water partition coefficient (Wildman–Crippen LogP) is 1.83. The fraction of sp³-hybridized carbons (Fsp3) is 0.267. The summed E-state index contributed by atoms with van der Waals surface area (Å²) in [5.41, 5.74) is 0.711. The lowest BCUT2D eigenvalue weighted by molar-refractivity contribution is -0.139. The van der Waals surface area contributed by atoms with Crippen molar-refractivity contribution in [1.29, 1.82) is 0 Å². The maximum atomic E-state index is 11.9. The summed E-state index contributed by atoms with van der Waals surface area (Å²) in [4.78, 5) is 35.0. The van der Waals surface area contributed by atoms with Gasteiger partial charge in [-0.2, -0.15) is 0 Å². The van der Waals surface area contributed by atoms with E-state index >= 15 is 0 Å². The van der Waals surface area contributed by atoms with E-state index in [2.05, 4.69) is 21.2 Å². The standard InChI is InChI=1S/C15H15BrN2O6/c1-3-23-11-6-8(4-9(16)13(11)24-7-12(19)20)5-10-14(21)18(2)15(22)17-10/h4-6H,3,7H2,1-2H3,(H,17,22)(H,19,20)/b10-5+. The molecule has 0 atom stereocenters. The summed E-state index contributed by atoms with van der Waals surface area (Å²) in [6, 6.07) is 2.72. The lowest BCUT2D eigenvalue weighted by Crippen LogP contribution is -2.25. The molecule has 128 valence electrons. The average molecular weight is 399 g/mol. The normalized spacial score (nSPS) is 15.6. The molecule has 1 aromatic rings. The van der Waals surface area contributed by atoms with Gasteiger partial charge in [-0.1, -0.05) is 0 Å². The van der Waals surface area contributed by atoms with Crippen molar-refractivity contribution in [2.24, 2.45) is 0 Å². The second-order valence-corrected chi connectivity index (χ2v) is 5.65. The highest BCUT2D eigenvalue weighted by atomic mass is 79.9. The summed E-state index contributed by atoms with van der Waals surface area (Å²) in [6.45, 7) is 1.60. The molecule has 2 N–H and O–H groups in total. The van der Waals surface area contributed by atoms with E-state index in [1.54, 1.807) is 19.1 Å². The smallest absolute Gasteiger partial charge is 0.341 e. The van der Waals surface area contributed by atoms with Gasteiger partial charge in [0.15, 0.2) is 18.1 Å². The molecule has 1 saturated heterocycles. The topological polar surface area (TPSA) is 105 Å². The van der Waals surface area contributed by atoms with Gasteiger partial charge in [0.1, 0.15) is 5.70 Å². The summed E-state index contributed by atoms with van der Waals surface area (Å²) in [6.07, 6.45) is 1.50. The Bertz CT molecular complexity index is 731. The number of rotatable bonds is 6. The van der Waals surface area contributed by atoms with Crippen LogP contribution in [0.15, 0.2) is 22.3 Å². The molecule has 0 spiro atoms. The molecule has 3 amide bonds. The molecule has 0 unspecified atom stereocenters. The van der Waals surface area contributed by atoms with E-state index in [9.17, 15) is 14.4 Å². The minimum Gasteiger partial charge on any atom is -0.490 e. The molecule has 0 saturated carbocycles. The van der Waals surface area contributed by atoms with Gasteiger partial charge in [-0.05, 0) is 46.6 Å². The van der Waals surface area contributed by atoms with Gasteiger partial charge in [-0.25, -0.2) is 9.59 Å². The van der Waals surface area contributed by atoms with Gasteiger partial charge in [0.25, 0.3) is 5.91 Å². The fourth-order valence-electron chi connectivity index (χ4n) is 2.00. The van der Waals surface area contributed by atoms with Crippen molar-refractivity contribution in [3.05, 3.63) is 27.9 Å². The lowest BCUT2D eigenvalue weighted by atomic mass is 10.1. The zero-order valence-electron chi connectivity index (χ0n) is 13.0. The van der Waals surface area contributed by atoms with Crippen LogP contribution in [0.1, 0.15) is 12.5 Å². The first-order valence-electron chi connectivity index (χ1n) is 6.95. The van der Waals surface area contributed by atoms with E-state index in [0.717, 1.165) is 4.90 Å². The first-order chi connectivity index (χ1) is 11.3. The van der Waals surface area contributed by atoms with E-state index in [0.29, 0.717) is 22.4 Å². The van der Waals surface area contributed by atoms with E-state index in [1.807, 2.05) is 0 Å². The zero-order chi connectivity index (χ0) is 17.9. The number of imide groups is 1. The van der Waals surface area contributed by atoms with Gasteiger partial charge in [0, 0.05) is 7.05 Å². The largest absolute Gasteiger partial charge is 0.490 e. The number of carbonyl (C=O) groups is 3. The highest BCUT2D eigenvalue weighted by molar-refractivity contribution is 9.10. The quantitative estimate of drug-likeness (QED) is 0.559. The first kappa shape index (κ1) is 17.8. The third-order valence-electron chi connectivity index (χ3n) is 3.06. The fourth-order valence-corrected chi connectivity index (χ4v) is 2.57. The molecule has 24 heavy (non-hydrogen) atoms. The van der Waals surface area contributed by atoms with E-state index < -0.39 is 24.5 Å². The van der Waals surface area contributed by atoms with Gasteiger partial charge in [-0.3, -0.25) is 9.69 Å². The van der Waals surface area contributed by atoms with Crippen LogP contribution < -0.4 is 14.8 Å². The SMILES string of the molecule is CCOc1cc(/C=C2/NC(=O)N(C)C2=O)cc(Br)c1OCC(=O)O. The van der Waals surface area contributed by atoms with Crippen LogP contribution in [-0.4, -0.2) is 48.2 Å². The molecule has 0 radical (unpaired) electrons. The summed E-state index contributed by atoms with van der Waals surface area (Å²) in [5, 5.41) is 11.2. The number of ether oxygens (including phenoxy) is 2. The van der Waals surface area contributed by atoms with Crippen molar-refractivity contribution in [3.8, 4) is 11.5 Å². The minimum atomic E-state index is -1.11. The Morgan fingerprint density at radius 1 is 1.38 bits per heavy atom. The number of carboxylic acid groups (broad SMARTS) is 1. The van der Waals surface area contributed by atoms with Gasteiger partial charge >= 0.3 is 12.0 Å². The van der Waals surface area contributed by atoms with Crippen LogP contribution in [0, 0.1) is 0 Å². The summed E-state index contributed by atoms with van der Waals surface area (Å²) in [5.74, 6) is -0.983. The number of amides is 3. The molecule has 8 nitrogen and oxygen atoms in total. The Balaban J connectivity index is 2.37. The summed E-state index contributed by atoms with van der Waals surface area (Å²) < 4.78 is 11.2. The molecule has 1 heterocycles. The number of aliphatic carboxylic acids is 1. The average Bonchev–Trinajstić information content (AvgIpc) is 2.74. The second kappa shape index (κ2) is 7.35. The molecule has 9 heteroatoms. The van der Waals surface area contributed by atoms with Crippen LogP contribution in [0.2, 0.25) is 0 Å². The van der Waals surface area contributed by atoms with Gasteiger partial charge in [-0.15, -0.1) is 0 Å². The number of nitrogens with one attached hydrogen (secondary N) is 1. The third-order valence-corrected chi connectivity index (χ3v) is 3.65. The molecule has 1 aliphatic rings. The maximum Gasteiger partial charge on any atom is 0.341 e. The molecule has 2 rings (SSSR count). The maximum absolute atomic E-state index is 11.9. The number of carbonyl (C=O) groups excluding carboxylic acids is 2. The van der Waals surface area contributed by atoms with Gasteiger partial charge in [0.2, 0.25) is 0 Å². The molecule has 0 aromatic heterocycles. The van der Waals surface area contributed by atoms with Crippen LogP contribution in [0.4, 0.5) is 4.79 Å². The number of nitrogens with zero attached hydrogens (tertiary/aromatic N) is 1. The molecule has 0 bridgehead atoms. The Morgan fingerprint density at radius 3 is 2.62 bits per heavy atom. The van der Waals surface area contributed by atoms with Crippen molar-refractivity contribution >= 4 is 39.9 Å². The summed E-state index contributed by atoms with van der Waals surface area (Å²) in [7, 11) is 1.38. The van der Waals surface area contributed by atoms with Crippen molar-refractivity contribution in [3.63, 3.8) is 0 Å². The molecular weight excluding hydrogens is 384 g/mol. The first-order valence-corrected chi connectivity index (χ1v) is 7.74. The van der Waals surface area contributed by atoms with Crippen LogP contribution >= 0.6 is 15.9 Å². The number of halogens is 1. The van der Waals surface area contributed by atoms with E-state index in [4.69, 9.17) is 14.6 Å². The van der Waals surface area contributed by atoms with Crippen LogP contribution in [0.25, 0.3) is 6.08 Å². The van der Waals surface area contributed by atoms with Gasteiger partial charge in [0.05, 0.1) is 11.1 Å². The molecule has 0 aliphatic carbocycles. The van der Waals surface area contributed by atoms with E-state index in [-0.39, 0.29) is 11.4 Å². The molecule has 1 fully saturated rings. The van der Waals surface area contributed by atoms with Crippen LogP contribution in [-0.2, 0) is 9.59 Å². The van der Waals surface area contributed by atoms with Crippen molar-refractivity contribution < 1.29 is 29.0 Å². The number of carboxylic acids is 1. The van der Waals surface area contributed by atoms with Crippen LogP contribution in [0.3, 0.4) is 0 Å². The molecular formula is C15H15BrN2O6. The molecule has 1 aromatic carbocycles. The number of benzene rings is 1. The summed E-state index contributed by atoms with van der Waals surface area (Å²) >= 11 is 3.30. The lowest BCUT2D eigenvalue weighted by Gasteiger charge is -2.13. The second-order valence-electron chi connectivity index (χ2n) is 4.80. The predicted molar refractivity (Wildman–Crippen MR) is 87.7 cm³/mol. The Kier molecular flexibility index (Phi) is 5.45. The number of hydrogen-bond donors (Lipinski definition) is 2. The van der Waals surface area contributed by atoms with Crippen molar-refractivity contribution in [2.45, 2.75) is 6.92 Å². The highest BCUT2D eigenvalue weighted by Gasteiger charge is 2.30. The number of hydrogen-bond acceptors (Lipinski definition) is 5. The van der Waals surface area contributed by atoms with E-state index in [1.165, 1.54) is 13.1 Å².